The predicted octanol–water partition coefficient (Wildman–Crippen LogP) is 4.33. The molecule has 0 aliphatic heterocycles. The first-order valence-electron chi connectivity index (χ1n) is 4.98. The smallest absolute Gasteiger partial charge is 0.0484 e. The molecule has 0 bridgehead atoms. The molecule has 0 nitrogen and oxygen atoms in total. The number of fused-ring (bicyclic) bond motifs is 1. The van der Waals surface area contributed by atoms with Crippen LogP contribution >= 0.6 is 11.6 Å². The molecule has 0 saturated carbocycles. The van der Waals surface area contributed by atoms with Gasteiger partial charge in [-0.3, -0.25) is 0 Å². The molecule has 0 saturated heterocycles. The quantitative estimate of drug-likeness (QED) is 0.593. The molecule has 74 valence electrons. The van der Waals surface area contributed by atoms with E-state index in [2.05, 4.69) is 32.9 Å². The summed E-state index contributed by atoms with van der Waals surface area (Å²) < 4.78 is 0. The molecule has 0 heterocycles. The minimum atomic E-state index is 0.191. The van der Waals surface area contributed by atoms with Gasteiger partial charge in [0.25, 0.3) is 0 Å². The number of rotatable bonds is 0. The van der Waals surface area contributed by atoms with Gasteiger partial charge < -0.3 is 0 Å². The summed E-state index contributed by atoms with van der Waals surface area (Å²) in [6.45, 7) is 6.70. The van der Waals surface area contributed by atoms with Gasteiger partial charge in [-0.05, 0) is 34.6 Å². The fraction of sp³-hybridized carbons (Fsp3) is 0.385. The van der Waals surface area contributed by atoms with E-state index in [1.54, 1.807) is 0 Å². The largest absolute Gasteiger partial charge is 0.0837 e. The van der Waals surface area contributed by atoms with Gasteiger partial charge in [0.1, 0.15) is 0 Å². The SMILES string of the molecule is CC(C)(C)C1=CCc2cccc(Cl)c21. The average molecular weight is 207 g/mol. The zero-order valence-corrected chi connectivity index (χ0v) is 9.65. The fourth-order valence-corrected chi connectivity index (χ4v) is 2.33. The second-order valence-electron chi connectivity index (χ2n) is 4.85. The minimum absolute atomic E-state index is 0.191. The van der Waals surface area contributed by atoms with E-state index in [-0.39, 0.29) is 5.41 Å². The maximum atomic E-state index is 6.23. The Labute approximate surface area is 90.6 Å². The molecule has 0 amide bonds. The van der Waals surface area contributed by atoms with Gasteiger partial charge >= 0.3 is 0 Å². The van der Waals surface area contributed by atoms with Crippen molar-refractivity contribution in [2.24, 2.45) is 5.41 Å². The van der Waals surface area contributed by atoms with Gasteiger partial charge in [-0.25, -0.2) is 0 Å². The fourth-order valence-electron chi connectivity index (χ4n) is 2.04. The molecule has 0 fully saturated rings. The van der Waals surface area contributed by atoms with Crippen molar-refractivity contribution in [2.45, 2.75) is 27.2 Å². The third-order valence-corrected chi connectivity index (χ3v) is 3.02. The molecule has 0 N–H and O–H groups in total. The second kappa shape index (κ2) is 3.13. The Morgan fingerprint density at radius 2 is 1.93 bits per heavy atom. The Kier molecular flexibility index (Phi) is 2.19. The Morgan fingerprint density at radius 3 is 2.57 bits per heavy atom. The van der Waals surface area contributed by atoms with Crippen LogP contribution in [0, 0.1) is 5.41 Å². The van der Waals surface area contributed by atoms with Crippen LogP contribution in [0.25, 0.3) is 5.57 Å². The number of hydrogen-bond acceptors (Lipinski definition) is 0. The van der Waals surface area contributed by atoms with E-state index < -0.39 is 0 Å². The van der Waals surface area contributed by atoms with E-state index >= 15 is 0 Å². The Bertz CT molecular complexity index is 394. The maximum Gasteiger partial charge on any atom is 0.0484 e. The third-order valence-electron chi connectivity index (χ3n) is 2.70. The van der Waals surface area contributed by atoms with Crippen molar-refractivity contribution >= 4 is 17.2 Å². The van der Waals surface area contributed by atoms with Gasteiger partial charge in [-0.15, -0.1) is 0 Å². The summed E-state index contributed by atoms with van der Waals surface area (Å²) in [4.78, 5) is 0. The van der Waals surface area contributed by atoms with Crippen molar-refractivity contribution in [2.75, 3.05) is 0 Å². The molecule has 0 aromatic heterocycles. The highest BCUT2D eigenvalue weighted by Gasteiger charge is 2.26. The van der Waals surface area contributed by atoms with E-state index in [4.69, 9.17) is 11.6 Å². The molecule has 0 atom stereocenters. The highest BCUT2D eigenvalue weighted by Crippen LogP contribution is 2.43. The van der Waals surface area contributed by atoms with Crippen LogP contribution < -0.4 is 0 Å². The molecule has 1 aliphatic rings. The number of allylic oxidation sites excluding steroid dienone is 2. The third kappa shape index (κ3) is 1.48. The highest BCUT2D eigenvalue weighted by atomic mass is 35.5. The van der Waals surface area contributed by atoms with Crippen molar-refractivity contribution in [3.63, 3.8) is 0 Å². The first-order valence-corrected chi connectivity index (χ1v) is 5.36. The molecular weight excluding hydrogens is 192 g/mol. The average Bonchev–Trinajstić information content (AvgIpc) is 2.47. The summed E-state index contributed by atoms with van der Waals surface area (Å²) in [6, 6.07) is 6.17. The molecule has 0 spiro atoms. The van der Waals surface area contributed by atoms with Gasteiger partial charge in [0.15, 0.2) is 0 Å². The Morgan fingerprint density at radius 1 is 1.21 bits per heavy atom. The number of hydrogen-bond donors (Lipinski definition) is 0. The van der Waals surface area contributed by atoms with Gasteiger partial charge in [-0.2, -0.15) is 0 Å². The lowest BCUT2D eigenvalue weighted by Gasteiger charge is -2.22. The normalized spacial score (nSPS) is 15.3. The van der Waals surface area contributed by atoms with E-state index in [1.165, 1.54) is 16.7 Å². The first-order chi connectivity index (χ1) is 6.50. The van der Waals surface area contributed by atoms with Crippen LogP contribution in [0.2, 0.25) is 5.02 Å². The molecule has 0 unspecified atom stereocenters. The van der Waals surface area contributed by atoms with Crippen LogP contribution in [-0.4, -0.2) is 0 Å². The van der Waals surface area contributed by atoms with Crippen molar-refractivity contribution in [1.82, 2.24) is 0 Å². The van der Waals surface area contributed by atoms with Crippen LogP contribution in [-0.2, 0) is 6.42 Å². The molecule has 1 aliphatic carbocycles. The lowest BCUT2D eigenvalue weighted by molar-refractivity contribution is 0.567. The van der Waals surface area contributed by atoms with Crippen molar-refractivity contribution in [3.8, 4) is 0 Å². The lowest BCUT2D eigenvalue weighted by atomic mass is 9.83. The van der Waals surface area contributed by atoms with Gasteiger partial charge in [0.2, 0.25) is 0 Å². The standard InChI is InChI=1S/C13H15Cl/c1-13(2,3)10-8-7-9-5-4-6-11(14)12(9)10/h4-6,8H,7H2,1-3H3. The lowest BCUT2D eigenvalue weighted by Crippen LogP contribution is -2.07. The second-order valence-corrected chi connectivity index (χ2v) is 5.25. The summed E-state index contributed by atoms with van der Waals surface area (Å²) in [7, 11) is 0. The van der Waals surface area contributed by atoms with E-state index in [1.807, 2.05) is 12.1 Å². The van der Waals surface area contributed by atoms with Crippen LogP contribution in [0.5, 0.6) is 0 Å². The summed E-state index contributed by atoms with van der Waals surface area (Å²) in [6.07, 6.45) is 3.33. The Hall–Kier alpha value is -0.750. The molecule has 1 aromatic rings. The van der Waals surface area contributed by atoms with Gasteiger partial charge in [0, 0.05) is 5.02 Å². The van der Waals surface area contributed by atoms with Crippen LogP contribution in [0.4, 0.5) is 0 Å². The Balaban J connectivity index is 2.56. The maximum absolute atomic E-state index is 6.23. The predicted molar refractivity (Wildman–Crippen MR) is 62.6 cm³/mol. The zero-order valence-electron chi connectivity index (χ0n) is 8.89. The summed E-state index contributed by atoms with van der Waals surface area (Å²) in [5.74, 6) is 0. The van der Waals surface area contributed by atoms with E-state index in [9.17, 15) is 0 Å². The highest BCUT2D eigenvalue weighted by molar-refractivity contribution is 6.32. The number of benzene rings is 1. The van der Waals surface area contributed by atoms with Gasteiger partial charge in [0.05, 0.1) is 0 Å². The van der Waals surface area contributed by atoms with Crippen molar-refractivity contribution in [1.29, 1.82) is 0 Å². The first kappa shape index (κ1) is 9.79. The monoisotopic (exact) mass is 206 g/mol. The summed E-state index contributed by atoms with van der Waals surface area (Å²) >= 11 is 6.23. The van der Waals surface area contributed by atoms with Crippen LogP contribution in [0.15, 0.2) is 24.3 Å². The minimum Gasteiger partial charge on any atom is -0.0837 e. The topological polar surface area (TPSA) is 0 Å². The van der Waals surface area contributed by atoms with Crippen molar-refractivity contribution in [3.05, 3.63) is 40.4 Å². The molecule has 1 aromatic carbocycles. The number of halogens is 1. The summed E-state index contributed by atoms with van der Waals surface area (Å²) in [5, 5.41) is 0.890. The van der Waals surface area contributed by atoms with Crippen molar-refractivity contribution < 1.29 is 0 Å². The molecule has 0 radical (unpaired) electrons. The van der Waals surface area contributed by atoms with E-state index in [0.717, 1.165) is 11.4 Å². The zero-order chi connectivity index (χ0) is 10.3. The molecular formula is C13H15Cl. The van der Waals surface area contributed by atoms with E-state index in [0.29, 0.717) is 0 Å². The molecule has 1 heteroatoms. The summed E-state index contributed by atoms with van der Waals surface area (Å²) in [5.41, 5.74) is 4.21. The van der Waals surface area contributed by atoms with Crippen LogP contribution in [0.1, 0.15) is 31.9 Å². The van der Waals surface area contributed by atoms with Crippen LogP contribution in [0.3, 0.4) is 0 Å². The van der Waals surface area contributed by atoms with Gasteiger partial charge in [-0.1, -0.05) is 50.6 Å². The molecule has 14 heavy (non-hydrogen) atoms. The molecule has 2 rings (SSSR count).